The molecule has 1 aromatic rings. The molecule has 1 fully saturated rings. The Morgan fingerprint density at radius 1 is 1.38 bits per heavy atom. The Kier molecular flexibility index (Phi) is 3.40. The molecule has 1 unspecified atom stereocenters. The molecule has 112 valence electrons. The molecule has 21 heavy (non-hydrogen) atoms. The van der Waals surface area contributed by atoms with Gasteiger partial charge in [-0.2, -0.15) is 0 Å². The number of likely N-dealkylation sites (tertiary alicyclic amines) is 1. The number of rotatable bonds is 1. The van der Waals surface area contributed by atoms with Crippen LogP contribution in [0.25, 0.3) is 0 Å². The summed E-state index contributed by atoms with van der Waals surface area (Å²) in [5, 5.41) is 11.8. The largest absolute Gasteiger partial charge is 0.465 e. The molecular weight excluding hydrogens is 277 g/mol. The number of carboxylic acid groups (broad SMARTS) is 1. The van der Waals surface area contributed by atoms with Gasteiger partial charge in [0.25, 0.3) is 0 Å². The van der Waals surface area contributed by atoms with E-state index in [2.05, 4.69) is 5.32 Å². The van der Waals surface area contributed by atoms with Crippen LogP contribution in [0.3, 0.4) is 0 Å². The lowest BCUT2D eigenvalue weighted by Gasteiger charge is -2.42. The van der Waals surface area contributed by atoms with Crippen LogP contribution in [0.1, 0.15) is 24.8 Å². The Balaban J connectivity index is 1.89. The van der Waals surface area contributed by atoms with Gasteiger partial charge in [0.2, 0.25) is 0 Å². The van der Waals surface area contributed by atoms with Gasteiger partial charge < -0.3 is 10.4 Å². The fourth-order valence-electron chi connectivity index (χ4n) is 2.98. The summed E-state index contributed by atoms with van der Waals surface area (Å²) >= 11 is 0. The van der Waals surface area contributed by atoms with Crippen LogP contribution in [0.2, 0.25) is 0 Å². The Hall–Kier alpha value is -2.31. The van der Waals surface area contributed by atoms with Gasteiger partial charge in [-0.3, -0.25) is 9.80 Å². The molecule has 0 radical (unpaired) electrons. The molecule has 1 saturated heterocycles. The van der Waals surface area contributed by atoms with Gasteiger partial charge >= 0.3 is 12.1 Å². The highest BCUT2D eigenvalue weighted by Crippen LogP contribution is 2.30. The zero-order valence-electron chi connectivity index (χ0n) is 11.4. The standard InChI is InChI=1S/C14H16FN3O3/c15-10-5-3-4-9-8-18(13(19)16-12(9)10)11-6-1-2-7-17(11)14(20)21/h3-5,11H,1-2,6-8H2,(H,16,19)(H,20,21). The second-order valence-electron chi connectivity index (χ2n) is 5.28. The Morgan fingerprint density at radius 3 is 2.95 bits per heavy atom. The molecule has 1 aromatic carbocycles. The topological polar surface area (TPSA) is 72.9 Å². The Labute approximate surface area is 121 Å². The van der Waals surface area contributed by atoms with E-state index < -0.39 is 24.1 Å². The molecule has 2 aliphatic rings. The monoisotopic (exact) mass is 293 g/mol. The first-order chi connectivity index (χ1) is 10.1. The number of fused-ring (bicyclic) bond motifs is 1. The number of benzene rings is 1. The maximum absolute atomic E-state index is 13.7. The van der Waals surface area contributed by atoms with Crippen LogP contribution in [0, 0.1) is 5.82 Å². The highest BCUT2D eigenvalue weighted by atomic mass is 19.1. The molecule has 1 atom stereocenters. The van der Waals surface area contributed by atoms with E-state index in [0.29, 0.717) is 18.5 Å². The number of anilines is 1. The zero-order valence-corrected chi connectivity index (χ0v) is 11.4. The normalized spacial score (nSPS) is 21.8. The Bertz CT molecular complexity index is 593. The Morgan fingerprint density at radius 2 is 2.19 bits per heavy atom. The highest BCUT2D eigenvalue weighted by Gasteiger charge is 2.36. The van der Waals surface area contributed by atoms with Gasteiger partial charge in [-0.1, -0.05) is 12.1 Å². The van der Waals surface area contributed by atoms with Crippen molar-refractivity contribution in [3.05, 3.63) is 29.6 Å². The van der Waals surface area contributed by atoms with E-state index in [0.717, 1.165) is 12.8 Å². The minimum Gasteiger partial charge on any atom is -0.465 e. The summed E-state index contributed by atoms with van der Waals surface area (Å²) < 4.78 is 13.7. The van der Waals surface area contributed by atoms with Gasteiger partial charge in [-0.25, -0.2) is 14.0 Å². The maximum Gasteiger partial charge on any atom is 0.408 e. The number of halogens is 1. The second kappa shape index (κ2) is 5.23. The number of nitrogens with zero attached hydrogens (tertiary/aromatic N) is 2. The van der Waals surface area contributed by atoms with E-state index in [4.69, 9.17) is 0 Å². The lowest BCUT2D eigenvalue weighted by atomic mass is 10.0. The maximum atomic E-state index is 13.7. The van der Waals surface area contributed by atoms with E-state index in [-0.39, 0.29) is 12.2 Å². The first-order valence-electron chi connectivity index (χ1n) is 6.92. The van der Waals surface area contributed by atoms with Crippen molar-refractivity contribution in [2.45, 2.75) is 32.0 Å². The zero-order chi connectivity index (χ0) is 15.0. The van der Waals surface area contributed by atoms with Gasteiger partial charge in [0.05, 0.1) is 12.2 Å². The third kappa shape index (κ3) is 2.39. The molecule has 2 N–H and O–H groups in total. The molecule has 0 bridgehead atoms. The van der Waals surface area contributed by atoms with Gasteiger partial charge in [0, 0.05) is 6.54 Å². The van der Waals surface area contributed by atoms with Gasteiger partial charge in [0.15, 0.2) is 0 Å². The quantitative estimate of drug-likeness (QED) is 0.836. The van der Waals surface area contributed by atoms with E-state index in [1.54, 1.807) is 12.1 Å². The van der Waals surface area contributed by atoms with Crippen molar-refractivity contribution < 1.29 is 19.1 Å². The molecule has 0 aromatic heterocycles. The second-order valence-corrected chi connectivity index (χ2v) is 5.28. The minimum atomic E-state index is -1.03. The van der Waals surface area contributed by atoms with Crippen molar-refractivity contribution in [3.8, 4) is 0 Å². The van der Waals surface area contributed by atoms with Gasteiger partial charge in [-0.15, -0.1) is 0 Å². The van der Waals surface area contributed by atoms with Crippen molar-refractivity contribution in [2.24, 2.45) is 0 Å². The van der Waals surface area contributed by atoms with Crippen LogP contribution in [-0.4, -0.2) is 39.7 Å². The SMILES string of the molecule is O=C(O)N1CCCCC1N1Cc2cccc(F)c2NC1=O. The van der Waals surface area contributed by atoms with Crippen molar-refractivity contribution >= 4 is 17.8 Å². The highest BCUT2D eigenvalue weighted by molar-refractivity contribution is 5.92. The smallest absolute Gasteiger partial charge is 0.408 e. The molecule has 6 nitrogen and oxygen atoms in total. The lowest BCUT2D eigenvalue weighted by Crippen LogP contribution is -2.56. The summed E-state index contributed by atoms with van der Waals surface area (Å²) in [5.74, 6) is -0.473. The van der Waals surface area contributed by atoms with E-state index in [1.165, 1.54) is 15.9 Å². The molecule has 0 spiro atoms. The summed E-state index contributed by atoms with van der Waals surface area (Å²) in [5.41, 5.74) is 0.849. The summed E-state index contributed by atoms with van der Waals surface area (Å²) in [6, 6.07) is 4.16. The number of para-hydroxylation sites is 1. The molecule has 0 aliphatic carbocycles. The lowest BCUT2D eigenvalue weighted by molar-refractivity contribution is 0.0378. The third-order valence-corrected chi connectivity index (χ3v) is 4.01. The molecular formula is C14H16FN3O3. The van der Waals surface area contributed by atoms with Crippen molar-refractivity contribution in [1.29, 1.82) is 0 Å². The summed E-state index contributed by atoms with van der Waals surface area (Å²) in [4.78, 5) is 26.3. The van der Waals surface area contributed by atoms with Gasteiger partial charge in [0.1, 0.15) is 12.0 Å². The molecule has 2 heterocycles. The number of amides is 3. The van der Waals surface area contributed by atoms with E-state index in [9.17, 15) is 19.1 Å². The number of hydrogen-bond donors (Lipinski definition) is 2. The minimum absolute atomic E-state index is 0.191. The first kappa shape index (κ1) is 13.7. The molecule has 0 saturated carbocycles. The van der Waals surface area contributed by atoms with Crippen LogP contribution < -0.4 is 5.32 Å². The fourth-order valence-corrected chi connectivity index (χ4v) is 2.98. The predicted octanol–water partition coefficient (Wildman–Crippen LogP) is 2.66. The summed E-state index contributed by atoms with van der Waals surface area (Å²) in [6.45, 7) is 0.632. The first-order valence-corrected chi connectivity index (χ1v) is 6.92. The van der Waals surface area contributed by atoms with Crippen LogP contribution in [0.4, 0.5) is 19.7 Å². The fraction of sp³-hybridized carbons (Fsp3) is 0.429. The number of nitrogens with one attached hydrogen (secondary N) is 1. The van der Waals surface area contributed by atoms with E-state index in [1.807, 2.05) is 0 Å². The number of carbonyl (C=O) groups is 2. The average Bonchev–Trinajstić information content (AvgIpc) is 2.48. The number of urea groups is 1. The van der Waals surface area contributed by atoms with Crippen LogP contribution in [0.5, 0.6) is 0 Å². The van der Waals surface area contributed by atoms with Crippen LogP contribution in [0.15, 0.2) is 18.2 Å². The molecule has 2 aliphatic heterocycles. The van der Waals surface area contributed by atoms with Crippen molar-refractivity contribution in [3.63, 3.8) is 0 Å². The number of hydrogen-bond acceptors (Lipinski definition) is 2. The van der Waals surface area contributed by atoms with Crippen molar-refractivity contribution in [2.75, 3.05) is 11.9 Å². The molecule has 3 rings (SSSR count). The van der Waals surface area contributed by atoms with E-state index >= 15 is 0 Å². The van der Waals surface area contributed by atoms with Crippen LogP contribution in [-0.2, 0) is 6.54 Å². The predicted molar refractivity (Wildman–Crippen MR) is 73.3 cm³/mol. The summed E-state index contributed by atoms with van der Waals surface area (Å²) in [6.07, 6.45) is 0.743. The molecule has 7 heteroatoms. The van der Waals surface area contributed by atoms with Gasteiger partial charge in [-0.05, 0) is 30.9 Å². The molecule has 3 amide bonds. The number of carbonyl (C=O) groups excluding carboxylic acids is 1. The number of piperidine rings is 1. The summed E-state index contributed by atoms with van der Waals surface area (Å²) in [7, 11) is 0. The third-order valence-electron chi connectivity index (χ3n) is 4.01. The van der Waals surface area contributed by atoms with Crippen LogP contribution >= 0.6 is 0 Å². The average molecular weight is 293 g/mol. The van der Waals surface area contributed by atoms with Crippen molar-refractivity contribution in [1.82, 2.24) is 9.80 Å².